The molecule has 21 heavy (non-hydrogen) atoms. The summed E-state index contributed by atoms with van der Waals surface area (Å²) in [6.45, 7) is 0. The molecule has 108 valence electrons. The molecule has 1 aliphatic heterocycles. The molecule has 1 saturated carbocycles. The Balaban J connectivity index is 1.62. The lowest BCUT2D eigenvalue weighted by atomic mass is 9.63. The second-order valence-electron chi connectivity index (χ2n) is 5.72. The molecular formula is C15H13BrN2O3. The average molecular weight is 349 g/mol. The number of nitrogens with zero attached hydrogens (tertiary/aromatic N) is 2. The predicted molar refractivity (Wildman–Crippen MR) is 78.2 cm³/mol. The third-order valence-corrected chi connectivity index (χ3v) is 5.06. The summed E-state index contributed by atoms with van der Waals surface area (Å²) in [5, 5.41) is 5.09. The summed E-state index contributed by atoms with van der Waals surface area (Å²) in [4.78, 5) is 25.0. The summed E-state index contributed by atoms with van der Waals surface area (Å²) in [5.74, 6) is 0.0857. The van der Waals surface area contributed by atoms with Crippen LogP contribution in [0.25, 0.3) is 0 Å². The molecule has 1 aromatic heterocycles. The number of rotatable bonds is 2. The molecule has 4 atom stereocenters. The second kappa shape index (κ2) is 4.66. The summed E-state index contributed by atoms with van der Waals surface area (Å²) in [6, 6.07) is 3.45. The van der Waals surface area contributed by atoms with Gasteiger partial charge in [0.15, 0.2) is 4.67 Å². The summed E-state index contributed by atoms with van der Waals surface area (Å²) in [7, 11) is 0. The second-order valence-corrected chi connectivity index (χ2v) is 6.50. The Morgan fingerprint density at radius 3 is 2.24 bits per heavy atom. The summed E-state index contributed by atoms with van der Waals surface area (Å²) < 4.78 is 5.88. The van der Waals surface area contributed by atoms with E-state index in [1.54, 1.807) is 12.1 Å². The van der Waals surface area contributed by atoms with Gasteiger partial charge < -0.3 is 4.42 Å². The molecule has 1 aromatic rings. The van der Waals surface area contributed by atoms with E-state index in [4.69, 9.17) is 4.42 Å². The van der Waals surface area contributed by atoms with Crippen LogP contribution >= 0.6 is 15.9 Å². The van der Waals surface area contributed by atoms with Crippen molar-refractivity contribution in [1.82, 2.24) is 5.01 Å². The molecule has 1 saturated heterocycles. The van der Waals surface area contributed by atoms with Gasteiger partial charge in [-0.05, 0) is 52.7 Å². The summed E-state index contributed by atoms with van der Waals surface area (Å²) in [5.41, 5.74) is 0. The third kappa shape index (κ3) is 1.92. The Kier molecular flexibility index (Phi) is 2.89. The van der Waals surface area contributed by atoms with Gasteiger partial charge in [-0.3, -0.25) is 9.59 Å². The van der Waals surface area contributed by atoms with Gasteiger partial charge in [0.25, 0.3) is 11.8 Å². The van der Waals surface area contributed by atoms with E-state index in [-0.39, 0.29) is 35.5 Å². The van der Waals surface area contributed by atoms with Crippen molar-refractivity contribution < 1.29 is 14.0 Å². The van der Waals surface area contributed by atoms with E-state index in [2.05, 4.69) is 33.2 Å². The van der Waals surface area contributed by atoms with E-state index >= 15 is 0 Å². The lowest BCUT2D eigenvalue weighted by Crippen LogP contribution is -2.38. The van der Waals surface area contributed by atoms with Gasteiger partial charge in [0.2, 0.25) is 0 Å². The van der Waals surface area contributed by atoms with E-state index in [1.165, 1.54) is 6.21 Å². The van der Waals surface area contributed by atoms with Gasteiger partial charge in [-0.1, -0.05) is 12.2 Å². The van der Waals surface area contributed by atoms with Gasteiger partial charge >= 0.3 is 0 Å². The Labute approximate surface area is 129 Å². The van der Waals surface area contributed by atoms with E-state index in [0.29, 0.717) is 10.4 Å². The van der Waals surface area contributed by atoms with Crippen molar-refractivity contribution >= 4 is 34.0 Å². The van der Waals surface area contributed by atoms with Crippen LogP contribution in [0.3, 0.4) is 0 Å². The largest absolute Gasteiger partial charge is 0.448 e. The van der Waals surface area contributed by atoms with E-state index in [0.717, 1.165) is 17.9 Å². The van der Waals surface area contributed by atoms with Gasteiger partial charge in [-0.25, -0.2) is 0 Å². The highest BCUT2D eigenvalue weighted by Crippen LogP contribution is 2.49. The third-order valence-electron chi connectivity index (χ3n) is 4.63. The Morgan fingerprint density at radius 1 is 1.14 bits per heavy atom. The van der Waals surface area contributed by atoms with Gasteiger partial charge in [0.05, 0.1) is 18.1 Å². The topological polar surface area (TPSA) is 62.9 Å². The standard InChI is InChI=1S/C15H13BrN2O3/c16-11-6-5-10(21-11)7-17-18-14(19)12-8-1-2-9(4-3-8)13(12)15(18)20/h1-2,5-9,12-13H,3-4H2/b17-7-/t8-,9-,12-,13-/m0/s1. The Morgan fingerprint density at radius 2 is 1.76 bits per heavy atom. The summed E-state index contributed by atoms with van der Waals surface area (Å²) in [6.07, 6.45) is 7.58. The number of hydrogen-bond acceptors (Lipinski definition) is 4. The highest BCUT2D eigenvalue weighted by Gasteiger charge is 2.56. The van der Waals surface area contributed by atoms with Crippen molar-refractivity contribution in [3.05, 3.63) is 34.7 Å². The van der Waals surface area contributed by atoms with Crippen LogP contribution in [-0.4, -0.2) is 23.0 Å². The summed E-state index contributed by atoms with van der Waals surface area (Å²) >= 11 is 3.20. The molecule has 0 N–H and O–H groups in total. The van der Waals surface area contributed by atoms with Crippen LogP contribution in [0.5, 0.6) is 0 Å². The van der Waals surface area contributed by atoms with Gasteiger partial charge in [-0.15, -0.1) is 0 Å². The van der Waals surface area contributed by atoms with Crippen molar-refractivity contribution in [2.75, 3.05) is 0 Å². The first kappa shape index (κ1) is 13.0. The highest BCUT2D eigenvalue weighted by atomic mass is 79.9. The zero-order chi connectivity index (χ0) is 14.6. The predicted octanol–water partition coefficient (Wildman–Crippen LogP) is 2.57. The zero-order valence-corrected chi connectivity index (χ0v) is 12.7. The molecule has 5 rings (SSSR count). The smallest absolute Gasteiger partial charge is 0.254 e. The highest BCUT2D eigenvalue weighted by molar-refractivity contribution is 9.10. The lowest BCUT2D eigenvalue weighted by Gasteiger charge is -2.37. The molecule has 2 heterocycles. The average Bonchev–Trinajstić information content (AvgIpc) is 3.03. The molecule has 2 bridgehead atoms. The number of hydrazone groups is 1. The van der Waals surface area contributed by atoms with Crippen LogP contribution in [0.4, 0.5) is 0 Å². The number of fused-ring (bicyclic) bond motifs is 1. The number of imide groups is 1. The minimum absolute atomic E-state index is 0.175. The first-order chi connectivity index (χ1) is 10.1. The molecule has 6 heteroatoms. The van der Waals surface area contributed by atoms with Crippen LogP contribution in [-0.2, 0) is 9.59 Å². The lowest BCUT2D eigenvalue weighted by molar-refractivity contribution is -0.140. The maximum Gasteiger partial charge on any atom is 0.254 e. The fourth-order valence-electron chi connectivity index (χ4n) is 3.68. The molecule has 5 nitrogen and oxygen atoms in total. The van der Waals surface area contributed by atoms with Crippen LogP contribution in [0.15, 0.2) is 38.5 Å². The fraction of sp³-hybridized carbons (Fsp3) is 0.400. The number of halogens is 1. The van der Waals surface area contributed by atoms with Crippen molar-refractivity contribution in [3.8, 4) is 0 Å². The van der Waals surface area contributed by atoms with Gasteiger partial charge in [0, 0.05) is 0 Å². The molecular weight excluding hydrogens is 336 g/mol. The Bertz CT molecular complexity index is 646. The monoisotopic (exact) mass is 348 g/mol. The van der Waals surface area contributed by atoms with Crippen molar-refractivity contribution in [2.24, 2.45) is 28.8 Å². The van der Waals surface area contributed by atoms with Crippen LogP contribution in [0, 0.1) is 23.7 Å². The SMILES string of the molecule is O=C1[C@@H]2[C@@H](C(=O)N1/N=C\c1ccc(Br)o1)[C@H]1C=C[C@H]2CC1. The normalized spacial score (nSPS) is 34.2. The number of hydrogen-bond donors (Lipinski definition) is 0. The first-order valence-corrected chi connectivity index (χ1v) is 7.80. The van der Waals surface area contributed by atoms with Gasteiger partial charge in [0.1, 0.15) is 5.76 Å². The number of amides is 2. The van der Waals surface area contributed by atoms with Crippen molar-refractivity contribution in [3.63, 3.8) is 0 Å². The van der Waals surface area contributed by atoms with Crippen LogP contribution < -0.4 is 0 Å². The number of allylic oxidation sites excluding steroid dienone is 2. The Hall–Kier alpha value is -1.69. The van der Waals surface area contributed by atoms with E-state index < -0.39 is 0 Å². The van der Waals surface area contributed by atoms with Crippen LogP contribution in [0.1, 0.15) is 18.6 Å². The van der Waals surface area contributed by atoms with Gasteiger partial charge in [-0.2, -0.15) is 10.1 Å². The molecule has 4 aliphatic rings. The molecule has 2 fully saturated rings. The van der Waals surface area contributed by atoms with E-state index in [9.17, 15) is 9.59 Å². The number of carbonyl (C=O) groups excluding carboxylic acids is 2. The molecule has 2 amide bonds. The molecule has 0 radical (unpaired) electrons. The zero-order valence-electron chi connectivity index (χ0n) is 11.1. The molecule has 0 unspecified atom stereocenters. The van der Waals surface area contributed by atoms with E-state index in [1.807, 2.05) is 0 Å². The maximum absolute atomic E-state index is 12.5. The number of furan rings is 1. The van der Waals surface area contributed by atoms with Crippen molar-refractivity contribution in [1.29, 1.82) is 0 Å². The molecule has 3 aliphatic carbocycles. The maximum atomic E-state index is 12.5. The quantitative estimate of drug-likeness (QED) is 0.468. The first-order valence-electron chi connectivity index (χ1n) is 7.00. The molecule has 0 aromatic carbocycles. The number of carbonyl (C=O) groups is 2. The minimum Gasteiger partial charge on any atom is -0.448 e. The molecule has 0 spiro atoms. The van der Waals surface area contributed by atoms with Crippen molar-refractivity contribution in [2.45, 2.75) is 12.8 Å². The van der Waals surface area contributed by atoms with Crippen LogP contribution in [0.2, 0.25) is 0 Å². The minimum atomic E-state index is -0.221. The fourth-order valence-corrected chi connectivity index (χ4v) is 4.00.